The van der Waals surface area contributed by atoms with Gasteiger partial charge in [-0.1, -0.05) is 43.7 Å². The Bertz CT molecular complexity index is 1070. The van der Waals surface area contributed by atoms with Gasteiger partial charge < -0.3 is 9.47 Å². The lowest BCUT2D eigenvalue weighted by Gasteiger charge is -2.11. The summed E-state index contributed by atoms with van der Waals surface area (Å²) in [6, 6.07) is 15.2. The molecule has 2 aromatic carbocycles. The van der Waals surface area contributed by atoms with E-state index in [4.69, 9.17) is 9.47 Å². The lowest BCUT2D eigenvalue weighted by molar-refractivity contribution is 0.284. The fourth-order valence-electron chi connectivity index (χ4n) is 2.72. The number of aromatic nitrogens is 2. The Morgan fingerprint density at radius 3 is 2.60 bits per heavy atom. The molecule has 0 saturated carbocycles. The predicted octanol–water partition coefficient (Wildman–Crippen LogP) is 4.24. The Morgan fingerprint density at radius 1 is 1.13 bits per heavy atom. The Labute approximate surface area is 175 Å². The normalized spacial score (nSPS) is 11.1. The Hall–Kier alpha value is -3.61. The molecule has 0 spiro atoms. The molecule has 156 valence electrons. The number of nitrogens with one attached hydrogen (secondary N) is 2. The van der Waals surface area contributed by atoms with Gasteiger partial charge in [-0.3, -0.25) is 9.78 Å². The molecule has 30 heavy (non-hydrogen) atoms. The quantitative estimate of drug-likeness (QED) is 0.432. The minimum atomic E-state index is -0.220. The number of methoxy groups -OCH3 is 1. The van der Waals surface area contributed by atoms with Crippen molar-refractivity contribution in [2.75, 3.05) is 12.5 Å². The van der Waals surface area contributed by atoms with Crippen molar-refractivity contribution in [1.29, 1.82) is 0 Å². The topological polar surface area (TPSA) is 88.6 Å². The third-order valence-corrected chi connectivity index (χ3v) is 4.44. The molecule has 3 rings (SSSR count). The summed E-state index contributed by atoms with van der Waals surface area (Å²) in [6.45, 7) is 6.44. The SMILES string of the molecule is COc1ccc(/C=N\Nc2nc(C(C)C)cc(=O)[nH]2)cc1OCc1ccc(C)cc1. The molecule has 0 aliphatic rings. The summed E-state index contributed by atoms with van der Waals surface area (Å²) in [7, 11) is 1.60. The van der Waals surface area contributed by atoms with E-state index in [2.05, 4.69) is 39.6 Å². The molecule has 0 bridgehead atoms. The number of rotatable bonds is 8. The van der Waals surface area contributed by atoms with Crippen molar-refractivity contribution in [3.8, 4) is 11.5 Å². The lowest BCUT2D eigenvalue weighted by atomic mass is 10.1. The zero-order chi connectivity index (χ0) is 21.5. The molecular formula is C23H26N4O3. The first kappa shape index (κ1) is 21.1. The number of ether oxygens (including phenoxy) is 2. The molecule has 0 amide bonds. The van der Waals surface area contributed by atoms with Crippen LogP contribution in [0.5, 0.6) is 11.5 Å². The lowest BCUT2D eigenvalue weighted by Crippen LogP contribution is -2.12. The number of benzene rings is 2. The van der Waals surface area contributed by atoms with Crippen LogP contribution in [0.15, 0.2) is 58.4 Å². The van der Waals surface area contributed by atoms with Crippen LogP contribution in [0.2, 0.25) is 0 Å². The number of aryl methyl sites for hydroxylation is 1. The Balaban J connectivity index is 1.71. The summed E-state index contributed by atoms with van der Waals surface area (Å²) in [5, 5.41) is 4.17. The van der Waals surface area contributed by atoms with Gasteiger partial charge in [0, 0.05) is 6.07 Å². The second kappa shape index (κ2) is 9.73. The average Bonchev–Trinajstić information content (AvgIpc) is 2.73. The highest BCUT2D eigenvalue weighted by Gasteiger charge is 2.07. The standard InChI is InChI=1S/C23H26N4O3/c1-15(2)19-12-22(28)26-23(25-19)27-24-13-18-9-10-20(29-4)21(11-18)30-14-17-7-5-16(3)6-8-17/h5-13,15H,14H2,1-4H3,(H2,25,26,27,28)/b24-13-. The molecule has 0 radical (unpaired) electrons. The molecule has 0 saturated heterocycles. The van der Waals surface area contributed by atoms with Crippen molar-refractivity contribution < 1.29 is 9.47 Å². The number of H-pyrrole nitrogens is 1. The van der Waals surface area contributed by atoms with Crippen molar-refractivity contribution in [3.05, 3.63) is 81.3 Å². The second-order valence-electron chi connectivity index (χ2n) is 7.23. The van der Waals surface area contributed by atoms with Crippen molar-refractivity contribution in [3.63, 3.8) is 0 Å². The molecule has 7 nitrogen and oxygen atoms in total. The molecule has 1 aromatic heterocycles. The van der Waals surface area contributed by atoms with Gasteiger partial charge in [0.05, 0.1) is 19.0 Å². The monoisotopic (exact) mass is 406 g/mol. The van der Waals surface area contributed by atoms with Gasteiger partial charge in [0.1, 0.15) is 6.61 Å². The first-order valence-electron chi connectivity index (χ1n) is 9.71. The molecule has 7 heteroatoms. The van der Waals surface area contributed by atoms with Gasteiger partial charge in [0.25, 0.3) is 5.56 Å². The van der Waals surface area contributed by atoms with E-state index in [1.165, 1.54) is 11.6 Å². The number of hydrazone groups is 1. The van der Waals surface area contributed by atoms with E-state index >= 15 is 0 Å². The van der Waals surface area contributed by atoms with E-state index in [1.54, 1.807) is 13.3 Å². The largest absolute Gasteiger partial charge is 0.493 e. The van der Waals surface area contributed by atoms with Crippen LogP contribution in [-0.2, 0) is 6.61 Å². The van der Waals surface area contributed by atoms with Gasteiger partial charge in [-0.25, -0.2) is 10.4 Å². The predicted molar refractivity (Wildman–Crippen MR) is 119 cm³/mol. The summed E-state index contributed by atoms with van der Waals surface area (Å²) >= 11 is 0. The number of nitrogens with zero attached hydrogens (tertiary/aromatic N) is 2. The van der Waals surface area contributed by atoms with E-state index in [1.807, 2.05) is 44.2 Å². The van der Waals surface area contributed by atoms with Crippen molar-refractivity contribution in [1.82, 2.24) is 9.97 Å². The van der Waals surface area contributed by atoms with Crippen molar-refractivity contribution in [2.45, 2.75) is 33.3 Å². The molecule has 0 aliphatic carbocycles. The minimum Gasteiger partial charge on any atom is -0.493 e. The Kier molecular flexibility index (Phi) is 6.85. The highest BCUT2D eigenvalue weighted by Crippen LogP contribution is 2.28. The van der Waals surface area contributed by atoms with Gasteiger partial charge in [-0.2, -0.15) is 5.10 Å². The van der Waals surface area contributed by atoms with Crippen LogP contribution in [0.4, 0.5) is 5.95 Å². The van der Waals surface area contributed by atoms with Crippen LogP contribution in [-0.4, -0.2) is 23.3 Å². The first-order valence-corrected chi connectivity index (χ1v) is 9.71. The van der Waals surface area contributed by atoms with Gasteiger partial charge in [0.2, 0.25) is 5.95 Å². The maximum absolute atomic E-state index is 11.8. The maximum atomic E-state index is 11.8. The minimum absolute atomic E-state index is 0.145. The molecule has 0 unspecified atom stereocenters. The summed E-state index contributed by atoms with van der Waals surface area (Å²) in [4.78, 5) is 18.7. The molecular weight excluding hydrogens is 380 g/mol. The van der Waals surface area contributed by atoms with Gasteiger partial charge in [0.15, 0.2) is 11.5 Å². The second-order valence-corrected chi connectivity index (χ2v) is 7.23. The molecule has 0 aliphatic heterocycles. The fourth-order valence-corrected chi connectivity index (χ4v) is 2.72. The smallest absolute Gasteiger partial charge is 0.252 e. The zero-order valence-electron chi connectivity index (χ0n) is 17.6. The maximum Gasteiger partial charge on any atom is 0.252 e. The number of hydrogen-bond donors (Lipinski definition) is 2. The molecule has 2 N–H and O–H groups in total. The molecule has 1 heterocycles. The van der Waals surface area contributed by atoms with E-state index in [0.29, 0.717) is 29.7 Å². The molecule has 3 aromatic rings. The zero-order valence-corrected chi connectivity index (χ0v) is 17.6. The summed E-state index contributed by atoms with van der Waals surface area (Å²) in [6.07, 6.45) is 1.63. The molecule has 0 atom stereocenters. The first-order chi connectivity index (χ1) is 14.4. The fraction of sp³-hybridized carbons (Fsp3) is 0.261. The summed E-state index contributed by atoms with van der Waals surface area (Å²) in [5.74, 6) is 1.71. The van der Waals surface area contributed by atoms with Crippen LogP contribution >= 0.6 is 0 Å². The van der Waals surface area contributed by atoms with Crippen LogP contribution in [0.1, 0.15) is 42.1 Å². The Morgan fingerprint density at radius 2 is 1.90 bits per heavy atom. The molecule has 0 fully saturated rings. The van der Waals surface area contributed by atoms with E-state index < -0.39 is 0 Å². The van der Waals surface area contributed by atoms with Crippen LogP contribution < -0.4 is 20.5 Å². The van der Waals surface area contributed by atoms with E-state index in [9.17, 15) is 4.79 Å². The number of anilines is 1. The number of hydrogen-bond acceptors (Lipinski definition) is 6. The van der Waals surface area contributed by atoms with E-state index in [-0.39, 0.29) is 11.5 Å². The summed E-state index contributed by atoms with van der Waals surface area (Å²) < 4.78 is 11.3. The number of aromatic amines is 1. The van der Waals surface area contributed by atoms with Gasteiger partial charge in [-0.15, -0.1) is 0 Å². The van der Waals surface area contributed by atoms with Crippen molar-refractivity contribution in [2.24, 2.45) is 5.10 Å². The third-order valence-electron chi connectivity index (χ3n) is 4.44. The van der Waals surface area contributed by atoms with Gasteiger partial charge >= 0.3 is 0 Å². The average molecular weight is 406 g/mol. The summed E-state index contributed by atoms with van der Waals surface area (Å²) in [5.41, 5.74) is 6.34. The highest BCUT2D eigenvalue weighted by atomic mass is 16.5. The van der Waals surface area contributed by atoms with Crippen LogP contribution in [0.3, 0.4) is 0 Å². The van der Waals surface area contributed by atoms with E-state index in [0.717, 1.165) is 11.1 Å². The van der Waals surface area contributed by atoms with Crippen LogP contribution in [0.25, 0.3) is 0 Å². The van der Waals surface area contributed by atoms with Gasteiger partial charge in [-0.05, 0) is 42.2 Å². The van der Waals surface area contributed by atoms with Crippen molar-refractivity contribution >= 4 is 12.2 Å². The van der Waals surface area contributed by atoms with Crippen LogP contribution in [0, 0.1) is 6.92 Å². The third kappa shape index (κ3) is 5.70. The highest BCUT2D eigenvalue weighted by molar-refractivity contribution is 5.81.